The van der Waals surface area contributed by atoms with E-state index in [9.17, 15) is 19.5 Å². The van der Waals surface area contributed by atoms with E-state index in [-0.39, 0.29) is 42.7 Å². The zero-order valence-corrected chi connectivity index (χ0v) is 34.3. The Morgan fingerprint density at radius 1 is 0.596 bits per heavy atom. The van der Waals surface area contributed by atoms with Crippen LogP contribution in [0.15, 0.2) is 36.5 Å². The molecule has 0 aliphatic rings. The van der Waals surface area contributed by atoms with Crippen LogP contribution >= 0.6 is 0 Å². The second kappa shape index (κ2) is 35.6. The summed E-state index contributed by atoms with van der Waals surface area (Å²) in [5.74, 6) is -1.53. The molecule has 8 heteroatoms. The first kappa shape index (κ1) is 49.6. The van der Waals surface area contributed by atoms with E-state index in [0.29, 0.717) is 19.3 Å². The molecule has 0 amide bonds. The number of allylic oxidation sites excluding steroid dienone is 6. The molecule has 0 aliphatic heterocycles. The molecule has 302 valence electrons. The number of rotatable bonds is 37. The van der Waals surface area contributed by atoms with E-state index in [1.54, 1.807) is 0 Å². The van der Waals surface area contributed by atoms with E-state index in [2.05, 4.69) is 50.3 Å². The van der Waals surface area contributed by atoms with Crippen LogP contribution in [-0.2, 0) is 28.6 Å². The van der Waals surface area contributed by atoms with Crippen molar-refractivity contribution < 1.29 is 38.2 Å². The molecule has 0 saturated heterocycles. The molecule has 0 saturated carbocycles. The second-order valence-corrected chi connectivity index (χ2v) is 15.2. The van der Waals surface area contributed by atoms with E-state index >= 15 is 0 Å². The van der Waals surface area contributed by atoms with Gasteiger partial charge in [-0.1, -0.05) is 153 Å². The van der Waals surface area contributed by atoms with Crippen LogP contribution in [-0.4, -0.2) is 80.6 Å². The lowest BCUT2D eigenvalue weighted by Crippen LogP contribution is -2.50. The third-order valence-corrected chi connectivity index (χ3v) is 9.30. The molecule has 0 fully saturated rings. The van der Waals surface area contributed by atoms with E-state index in [0.717, 1.165) is 44.9 Å². The van der Waals surface area contributed by atoms with Crippen molar-refractivity contribution in [2.75, 3.05) is 41.0 Å². The molecular formula is C44H80NO7+. The van der Waals surface area contributed by atoms with Crippen LogP contribution in [0.1, 0.15) is 174 Å². The molecule has 0 aromatic carbocycles. The SMILES string of the molecule is CC/C=C/C/C=C/C/C=C/CCCC(=O)OCC(COCCC(C(=O)O)[N+](C)(C)C)OC(=O)CCCCCCCCCCCCCCCCCCC. The van der Waals surface area contributed by atoms with E-state index in [4.69, 9.17) is 14.2 Å². The second-order valence-electron chi connectivity index (χ2n) is 15.2. The summed E-state index contributed by atoms with van der Waals surface area (Å²) < 4.78 is 17.2. The fourth-order valence-electron chi connectivity index (χ4n) is 6.06. The predicted molar refractivity (Wildman–Crippen MR) is 215 cm³/mol. The zero-order valence-electron chi connectivity index (χ0n) is 34.3. The number of unbranched alkanes of at least 4 members (excludes halogenated alkanes) is 17. The number of carbonyl (C=O) groups is 3. The van der Waals surface area contributed by atoms with Crippen molar-refractivity contribution in [1.29, 1.82) is 0 Å². The number of likely N-dealkylation sites (N-methyl/N-ethyl adjacent to an activating group) is 1. The summed E-state index contributed by atoms with van der Waals surface area (Å²) in [6, 6.07) is -0.619. The first-order valence-corrected chi connectivity index (χ1v) is 21.0. The largest absolute Gasteiger partial charge is 0.477 e. The minimum atomic E-state index is -0.881. The van der Waals surface area contributed by atoms with Gasteiger partial charge >= 0.3 is 17.9 Å². The number of carbonyl (C=O) groups excluding carboxylic acids is 2. The van der Waals surface area contributed by atoms with Crippen LogP contribution in [0.3, 0.4) is 0 Å². The van der Waals surface area contributed by atoms with Gasteiger partial charge < -0.3 is 23.8 Å². The van der Waals surface area contributed by atoms with Gasteiger partial charge in [0.25, 0.3) is 0 Å². The van der Waals surface area contributed by atoms with Crippen LogP contribution in [0, 0.1) is 0 Å². The third kappa shape index (κ3) is 33.4. The Balaban J connectivity index is 4.37. The van der Waals surface area contributed by atoms with Crippen LogP contribution in [0.5, 0.6) is 0 Å². The smallest absolute Gasteiger partial charge is 0.362 e. The fraction of sp³-hybridized carbons (Fsp3) is 0.795. The molecular weight excluding hydrogens is 654 g/mol. The normalized spacial score (nSPS) is 13.3. The lowest BCUT2D eigenvalue weighted by Gasteiger charge is -2.31. The van der Waals surface area contributed by atoms with Crippen LogP contribution in [0.2, 0.25) is 0 Å². The first-order chi connectivity index (χ1) is 25.1. The maximum atomic E-state index is 12.7. The van der Waals surface area contributed by atoms with Gasteiger partial charge in [-0.3, -0.25) is 9.59 Å². The molecule has 0 radical (unpaired) electrons. The summed E-state index contributed by atoms with van der Waals surface area (Å²) in [6.07, 6.45) is 39.1. The summed E-state index contributed by atoms with van der Waals surface area (Å²) in [5, 5.41) is 9.60. The molecule has 2 atom stereocenters. The highest BCUT2D eigenvalue weighted by atomic mass is 16.6. The Morgan fingerprint density at radius 3 is 1.58 bits per heavy atom. The van der Waals surface area contributed by atoms with Gasteiger partial charge in [0.1, 0.15) is 6.61 Å². The minimum absolute atomic E-state index is 0.0477. The van der Waals surface area contributed by atoms with Crippen molar-refractivity contribution in [2.45, 2.75) is 187 Å². The number of hydrogen-bond donors (Lipinski definition) is 1. The standard InChI is InChI=1S/C44H79NO7/c1-6-8-10-12-14-16-18-19-20-21-22-23-25-27-29-31-33-35-43(47)52-40(38-50-37-36-41(44(48)49)45(3,4)5)39-51-42(46)34-32-30-28-26-24-17-15-13-11-9-7-2/h9,11,15,17,26,28,40-41H,6-8,10,12-14,16,18-25,27,29-39H2,1-5H3/p+1/b11-9+,17-15+,28-26+. The Hall–Kier alpha value is -2.45. The Bertz CT molecular complexity index is 953. The summed E-state index contributed by atoms with van der Waals surface area (Å²) in [6.45, 7) is 4.57. The van der Waals surface area contributed by atoms with E-state index in [1.165, 1.54) is 89.9 Å². The maximum absolute atomic E-state index is 12.7. The summed E-state index contributed by atoms with van der Waals surface area (Å²) in [5.41, 5.74) is 0. The third-order valence-electron chi connectivity index (χ3n) is 9.30. The quantitative estimate of drug-likeness (QED) is 0.0293. The zero-order chi connectivity index (χ0) is 38.5. The van der Waals surface area contributed by atoms with Crippen molar-refractivity contribution in [3.63, 3.8) is 0 Å². The van der Waals surface area contributed by atoms with Crippen LogP contribution < -0.4 is 0 Å². The number of nitrogens with zero attached hydrogens (tertiary/aromatic N) is 1. The Labute approximate surface area is 319 Å². The first-order valence-electron chi connectivity index (χ1n) is 21.0. The molecule has 0 rings (SSSR count). The molecule has 0 aromatic rings. The molecule has 0 aromatic heterocycles. The van der Waals surface area contributed by atoms with Gasteiger partial charge in [-0.15, -0.1) is 0 Å². The number of carboxylic acids is 1. The maximum Gasteiger partial charge on any atom is 0.362 e. The van der Waals surface area contributed by atoms with Crippen molar-refractivity contribution in [3.05, 3.63) is 36.5 Å². The lowest BCUT2D eigenvalue weighted by molar-refractivity contribution is -0.887. The van der Waals surface area contributed by atoms with Gasteiger partial charge in [0, 0.05) is 19.3 Å². The molecule has 0 heterocycles. The topological polar surface area (TPSA) is 99.1 Å². The van der Waals surface area contributed by atoms with Gasteiger partial charge in [0.05, 0.1) is 34.4 Å². The van der Waals surface area contributed by atoms with Crippen molar-refractivity contribution in [3.8, 4) is 0 Å². The monoisotopic (exact) mass is 735 g/mol. The van der Waals surface area contributed by atoms with Gasteiger partial charge in [-0.05, 0) is 38.5 Å². The lowest BCUT2D eigenvalue weighted by atomic mass is 10.0. The van der Waals surface area contributed by atoms with Gasteiger partial charge in [-0.25, -0.2) is 4.79 Å². The molecule has 0 bridgehead atoms. The molecule has 1 N–H and O–H groups in total. The molecule has 8 nitrogen and oxygen atoms in total. The average Bonchev–Trinajstić information content (AvgIpc) is 3.09. The molecule has 0 aliphatic carbocycles. The predicted octanol–water partition coefficient (Wildman–Crippen LogP) is 11.1. The fourth-order valence-corrected chi connectivity index (χ4v) is 6.06. The number of ether oxygens (including phenoxy) is 3. The number of esters is 2. The Morgan fingerprint density at radius 2 is 1.08 bits per heavy atom. The highest BCUT2D eigenvalue weighted by Crippen LogP contribution is 2.15. The average molecular weight is 735 g/mol. The van der Waals surface area contributed by atoms with Crippen LogP contribution in [0.25, 0.3) is 0 Å². The summed E-state index contributed by atoms with van der Waals surface area (Å²) in [4.78, 5) is 36.8. The number of quaternary nitrogens is 1. The number of aliphatic carboxylic acids is 1. The molecule has 52 heavy (non-hydrogen) atoms. The Kier molecular flexibility index (Phi) is 33.9. The van der Waals surface area contributed by atoms with Gasteiger partial charge in [-0.2, -0.15) is 0 Å². The van der Waals surface area contributed by atoms with Crippen molar-refractivity contribution in [2.24, 2.45) is 0 Å². The van der Waals surface area contributed by atoms with Crippen molar-refractivity contribution >= 4 is 17.9 Å². The minimum Gasteiger partial charge on any atom is -0.477 e. The molecule has 2 unspecified atom stereocenters. The highest BCUT2D eigenvalue weighted by molar-refractivity contribution is 5.72. The summed E-state index contributed by atoms with van der Waals surface area (Å²) in [7, 11) is 5.51. The van der Waals surface area contributed by atoms with Crippen molar-refractivity contribution in [1.82, 2.24) is 0 Å². The van der Waals surface area contributed by atoms with Crippen LogP contribution in [0.4, 0.5) is 0 Å². The van der Waals surface area contributed by atoms with E-state index < -0.39 is 18.1 Å². The van der Waals surface area contributed by atoms with Gasteiger partial charge in [0.2, 0.25) is 0 Å². The van der Waals surface area contributed by atoms with E-state index in [1.807, 2.05) is 21.1 Å². The highest BCUT2D eigenvalue weighted by Gasteiger charge is 2.31. The van der Waals surface area contributed by atoms with Gasteiger partial charge in [0.15, 0.2) is 12.1 Å². The number of hydrogen-bond acceptors (Lipinski definition) is 6. The summed E-state index contributed by atoms with van der Waals surface area (Å²) >= 11 is 0. The molecule has 0 spiro atoms. The number of carboxylic acid groups (broad SMARTS) is 1.